The van der Waals surface area contributed by atoms with Gasteiger partial charge in [-0.2, -0.15) is 0 Å². The molecule has 0 radical (unpaired) electrons. The topological polar surface area (TPSA) is 82.5 Å². The highest BCUT2D eigenvalue weighted by molar-refractivity contribution is 7.99. The molecule has 17 heavy (non-hydrogen) atoms. The Bertz CT molecular complexity index is 536. The third-order valence-electron chi connectivity index (χ3n) is 2.41. The SMILES string of the molecule is Cc1cc(C)c(CN)c(Sc2nnnn2C)n1. The molecule has 0 aliphatic rings. The van der Waals surface area contributed by atoms with Crippen LogP contribution in [0.25, 0.3) is 0 Å². The Labute approximate surface area is 104 Å². The number of aromatic nitrogens is 5. The third-order valence-corrected chi connectivity index (χ3v) is 3.47. The van der Waals surface area contributed by atoms with E-state index in [9.17, 15) is 0 Å². The van der Waals surface area contributed by atoms with Crippen LogP contribution in [0.1, 0.15) is 16.8 Å². The molecule has 2 aromatic rings. The first-order valence-electron chi connectivity index (χ1n) is 5.19. The summed E-state index contributed by atoms with van der Waals surface area (Å²) >= 11 is 1.44. The third kappa shape index (κ3) is 2.45. The van der Waals surface area contributed by atoms with E-state index in [4.69, 9.17) is 5.73 Å². The molecule has 0 spiro atoms. The molecular weight excluding hydrogens is 236 g/mol. The van der Waals surface area contributed by atoms with Crippen LogP contribution in [0.15, 0.2) is 16.2 Å². The summed E-state index contributed by atoms with van der Waals surface area (Å²) in [5.74, 6) is 0. The van der Waals surface area contributed by atoms with Gasteiger partial charge in [-0.3, -0.25) is 0 Å². The molecule has 0 saturated heterocycles. The van der Waals surface area contributed by atoms with Crippen LogP contribution < -0.4 is 5.73 Å². The van der Waals surface area contributed by atoms with Crippen molar-refractivity contribution in [3.63, 3.8) is 0 Å². The van der Waals surface area contributed by atoms with Crippen LogP contribution in [0.4, 0.5) is 0 Å². The fourth-order valence-corrected chi connectivity index (χ4v) is 2.53. The molecule has 2 aromatic heterocycles. The van der Waals surface area contributed by atoms with Gasteiger partial charge >= 0.3 is 0 Å². The molecule has 0 amide bonds. The van der Waals surface area contributed by atoms with Crippen LogP contribution in [0, 0.1) is 13.8 Å². The molecule has 0 unspecified atom stereocenters. The molecule has 0 aromatic carbocycles. The van der Waals surface area contributed by atoms with Gasteiger partial charge in [-0.05, 0) is 47.7 Å². The van der Waals surface area contributed by atoms with E-state index in [1.54, 1.807) is 11.7 Å². The van der Waals surface area contributed by atoms with E-state index >= 15 is 0 Å². The van der Waals surface area contributed by atoms with E-state index in [-0.39, 0.29) is 0 Å². The Morgan fingerprint density at radius 3 is 2.76 bits per heavy atom. The maximum absolute atomic E-state index is 5.76. The van der Waals surface area contributed by atoms with E-state index in [2.05, 4.69) is 20.5 Å². The molecular formula is C10H14N6S. The number of nitrogens with two attached hydrogens (primary N) is 1. The molecule has 90 valence electrons. The van der Waals surface area contributed by atoms with Crippen molar-refractivity contribution in [3.05, 3.63) is 22.9 Å². The van der Waals surface area contributed by atoms with E-state index in [1.165, 1.54) is 11.8 Å². The molecule has 0 aliphatic carbocycles. The molecule has 0 aliphatic heterocycles. The molecule has 0 fully saturated rings. The zero-order chi connectivity index (χ0) is 12.4. The lowest BCUT2D eigenvalue weighted by atomic mass is 10.1. The second-order valence-corrected chi connectivity index (χ2v) is 4.71. The molecule has 2 N–H and O–H groups in total. The quantitative estimate of drug-likeness (QED) is 0.869. The highest BCUT2D eigenvalue weighted by Crippen LogP contribution is 2.28. The highest BCUT2D eigenvalue weighted by Gasteiger charge is 2.12. The van der Waals surface area contributed by atoms with E-state index in [0.717, 1.165) is 21.8 Å². The van der Waals surface area contributed by atoms with Crippen molar-refractivity contribution in [1.82, 2.24) is 25.2 Å². The van der Waals surface area contributed by atoms with Gasteiger partial charge in [-0.25, -0.2) is 9.67 Å². The van der Waals surface area contributed by atoms with Gasteiger partial charge in [-0.1, -0.05) is 0 Å². The molecule has 0 bridgehead atoms. The minimum Gasteiger partial charge on any atom is -0.326 e. The predicted octanol–water partition coefficient (Wildman–Crippen LogP) is 0.832. The van der Waals surface area contributed by atoms with Gasteiger partial charge in [0.1, 0.15) is 5.03 Å². The maximum Gasteiger partial charge on any atom is 0.215 e. The molecule has 2 rings (SSSR count). The summed E-state index contributed by atoms with van der Waals surface area (Å²) in [6, 6.07) is 2.03. The summed E-state index contributed by atoms with van der Waals surface area (Å²) in [7, 11) is 1.80. The van der Waals surface area contributed by atoms with Crippen LogP contribution in [-0.4, -0.2) is 25.2 Å². The average Bonchev–Trinajstić information content (AvgIpc) is 2.64. The molecule has 0 atom stereocenters. The van der Waals surface area contributed by atoms with Crippen LogP contribution >= 0.6 is 11.8 Å². The molecule has 2 heterocycles. The lowest BCUT2D eigenvalue weighted by Crippen LogP contribution is -2.05. The number of rotatable bonds is 3. The minimum absolute atomic E-state index is 0.465. The van der Waals surface area contributed by atoms with Crippen molar-refractivity contribution < 1.29 is 0 Å². The first-order chi connectivity index (χ1) is 8.11. The fraction of sp³-hybridized carbons (Fsp3) is 0.400. The van der Waals surface area contributed by atoms with Gasteiger partial charge in [0.05, 0.1) is 0 Å². The Kier molecular flexibility index (Phi) is 3.39. The Balaban J connectivity index is 2.41. The van der Waals surface area contributed by atoms with Crippen molar-refractivity contribution in [2.24, 2.45) is 12.8 Å². The molecule has 7 heteroatoms. The number of nitrogens with zero attached hydrogens (tertiary/aromatic N) is 5. The highest BCUT2D eigenvalue weighted by atomic mass is 32.2. The maximum atomic E-state index is 5.76. The van der Waals surface area contributed by atoms with E-state index in [0.29, 0.717) is 11.7 Å². The van der Waals surface area contributed by atoms with Crippen molar-refractivity contribution in [1.29, 1.82) is 0 Å². The summed E-state index contributed by atoms with van der Waals surface area (Å²) in [6.07, 6.45) is 0. The number of pyridine rings is 1. The van der Waals surface area contributed by atoms with Gasteiger partial charge in [0, 0.05) is 24.8 Å². The predicted molar refractivity (Wildman–Crippen MR) is 64.5 cm³/mol. The second kappa shape index (κ2) is 4.80. The smallest absolute Gasteiger partial charge is 0.215 e. The zero-order valence-corrected chi connectivity index (χ0v) is 10.8. The van der Waals surface area contributed by atoms with Crippen LogP contribution in [0.5, 0.6) is 0 Å². The standard InChI is InChI=1S/C10H14N6S/c1-6-4-7(2)12-9(8(6)5-11)17-10-13-14-15-16(10)3/h4H,5,11H2,1-3H3. The van der Waals surface area contributed by atoms with Crippen molar-refractivity contribution >= 4 is 11.8 Å². The van der Waals surface area contributed by atoms with E-state index < -0.39 is 0 Å². The lowest BCUT2D eigenvalue weighted by Gasteiger charge is -2.09. The Morgan fingerprint density at radius 1 is 1.41 bits per heavy atom. The van der Waals surface area contributed by atoms with Crippen LogP contribution in [-0.2, 0) is 13.6 Å². The largest absolute Gasteiger partial charge is 0.326 e. The van der Waals surface area contributed by atoms with Gasteiger partial charge in [0.15, 0.2) is 0 Å². The van der Waals surface area contributed by atoms with Gasteiger partial charge in [0.25, 0.3) is 0 Å². The van der Waals surface area contributed by atoms with E-state index in [1.807, 2.05) is 19.9 Å². The monoisotopic (exact) mass is 250 g/mol. The number of tetrazole rings is 1. The number of aryl methyl sites for hydroxylation is 3. The number of hydrogen-bond acceptors (Lipinski definition) is 6. The fourth-order valence-electron chi connectivity index (χ4n) is 1.56. The summed E-state index contributed by atoms with van der Waals surface area (Å²) in [5.41, 5.74) is 8.92. The zero-order valence-electron chi connectivity index (χ0n) is 10.0. The summed E-state index contributed by atoms with van der Waals surface area (Å²) in [5, 5.41) is 12.9. The summed E-state index contributed by atoms with van der Waals surface area (Å²) < 4.78 is 1.62. The summed E-state index contributed by atoms with van der Waals surface area (Å²) in [4.78, 5) is 4.49. The van der Waals surface area contributed by atoms with Crippen LogP contribution in [0.3, 0.4) is 0 Å². The lowest BCUT2D eigenvalue weighted by molar-refractivity contribution is 0.664. The first kappa shape index (κ1) is 12.0. The van der Waals surface area contributed by atoms with Crippen LogP contribution in [0.2, 0.25) is 0 Å². The number of hydrogen-bond donors (Lipinski definition) is 1. The van der Waals surface area contributed by atoms with Gasteiger partial charge in [-0.15, -0.1) is 5.10 Å². The molecule has 0 saturated carbocycles. The Hall–Kier alpha value is -1.47. The summed E-state index contributed by atoms with van der Waals surface area (Å²) in [6.45, 7) is 4.47. The van der Waals surface area contributed by atoms with Crippen molar-refractivity contribution in [3.8, 4) is 0 Å². The average molecular weight is 250 g/mol. The first-order valence-corrected chi connectivity index (χ1v) is 6.01. The minimum atomic E-state index is 0.465. The second-order valence-electron chi connectivity index (χ2n) is 3.76. The van der Waals surface area contributed by atoms with Crippen molar-refractivity contribution in [2.45, 2.75) is 30.6 Å². The van der Waals surface area contributed by atoms with Gasteiger partial charge in [0.2, 0.25) is 5.16 Å². The Morgan fingerprint density at radius 2 is 2.18 bits per heavy atom. The van der Waals surface area contributed by atoms with Crippen molar-refractivity contribution in [2.75, 3.05) is 0 Å². The molecule has 6 nitrogen and oxygen atoms in total. The van der Waals surface area contributed by atoms with Gasteiger partial charge < -0.3 is 5.73 Å². The normalized spacial score (nSPS) is 10.8.